The molecule has 2 nitrogen and oxygen atoms in total. The molecule has 6 heteroatoms. The molecule has 0 bridgehead atoms. The molecule has 2 N–H and O–H groups in total. The highest BCUT2D eigenvalue weighted by Gasteiger charge is 2.37. The van der Waals surface area contributed by atoms with E-state index in [4.69, 9.17) is 5.73 Å². The minimum Gasteiger partial charge on any atom is -0.322 e. The molecule has 0 aliphatic rings. The highest BCUT2D eigenvalue weighted by Crippen LogP contribution is 2.36. The van der Waals surface area contributed by atoms with E-state index in [1.165, 1.54) is 6.07 Å². The number of alkyl halides is 3. The Balaban J connectivity index is 3.28. The third-order valence-corrected chi connectivity index (χ3v) is 4.06. The van der Waals surface area contributed by atoms with Gasteiger partial charge in [-0.1, -0.05) is 13.0 Å². The van der Waals surface area contributed by atoms with Crippen LogP contribution >= 0.6 is 0 Å². The molecular weight excluding hydrogens is 272 g/mol. The highest BCUT2D eigenvalue weighted by atomic mass is 19.4. The maximum atomic E-state index is 13.3. The summed E-state index contributed by atoms with van der Waals surface area (Å²) in [4.78, 5) is 1.87. The molecular formula is C14H20F4N2. The number of benzene rings is 1. The fraction of sp³-hybridized carbons (Fsp3) is 0.571. The molecule has 20 heavy (non-hydrogen) atoms. The summed E-state index contributed by atoms with van der Waals surface area (Å²) in [6.45, 7) is 3.78. The quantitative estimate of drug-likeness (QED) is 0.860. The number of halogens is 4. The van der Waals surface area contributed by atoms with Crippen molar-refractivity contribution < 1.29 is 17.6 Å². The zero-order chi connectivity index (χ0) is 15.7. The van der Waals surface area contributed by atoms with Crippen molar-refractivity contribution in [1.82, 2.24) is 4.90 Å². The smallest absolute Gasteiger partial charge is 0.322 e. The van der Waals surface area contributed by atoms with Crippen molar-refractivity contribution in [2.24, 2.45) is 5.73 Å². The van der Waals surface area contributed by atoms with E-state index < -0.39 is 29.1 Å². The van der Waals surface area contributed by atoms with Crippen molar-refractivity contribution >= 4 is 0 Å². The van der Waals surface area contributed by atoms with Gasteiger partial charge in [-0.3, -0.25) is 0 Å². The largest absolute Gasteiger partial charge is 0.419 e. The standard InChI is InChI=1S/C14H20F4N2/c1-5-13(2,20(3)4)12(19)9-6-7-11(15)10(8-9)14(16,17)18/h6-8,12H,5,19H2,1-4H3. The van der Waals surface area contributed by atoms with Crippen LogP contribution in [0.1, 0.15) is 37.4 Å². The van der Waals surface area contributed by atoms with Gasteiger partial charge in [-0.15, -0.1) is 0 Å². The third kappa shape index (κ3) is 3.12. The van der Waals surface area contributed by atoms with Crippen LogP contribution in [0.25, 0.3) is 0 Å². The van der Waals surface area contributed by atoms with Crippen LogP contribution in [0.2, 0.25) is 0 Å². The minimum atomic E-state index is -4.72. The summed E-state index contributed by atoms with van der Waals surface area (Å²) in [6, 6.07) is 2.29. The van der Waals surface area contributed by atoms with Gasteiger partial charge in [-0.2, -0.15) is 13.2 Å². The van der Waals surface area contributed by atoms with Gasteiger partial charge in [0.15, 0.2) is 0 Å². The van der Waals surface area contributed by atoms with Crippen LogP contribution < -0.4 is 5.73 Å². The van der Waals surface area contributed by atoms with Gasteiger partial charge < -0.3 is 10.6 Å². The maximum absolute atomic E-state index is 13.3. The Labute approximate surface area is 116 Å². The van der Waals surface area contributed by atoms with E-state index in [-0.39, 0.29) is 5.56 Å². The summed E-state index contributed by atoms with van der Waals surface area (Å²) in [7, 11) is 3.63. The number of likely N-dealkylation sites (N-methyl/N-ethyl adjacent to an activating group) is 1. The van der Waals surface area contributed by atoms with E-state index in [2.05, 4.69) is 0 Å². The van der Waals surface area contributed by atoms with Gasteiger partial charge in [0.2, 0.25) is 0 Å². The lowest BCUT2D eigenvalue weighted by Crippen LogP contribution is -2.49. The Bertz CT molecular complexity index is 471. The molecule has 0 spiro atoms. The summed E-state index contributed by atoms with van der Waals surface area (Å²) in [6.07, 6.45) is -4.07. The molecule has 0 aliphatic heterocycles. The van der Waals surface area contributed by atoms with Crippen molar-refractivity contribution in [2.75, 3.05) is 14.1 Å². The van der Waals surface area contributed by atoms with Gasteiger partial charge in [0.1, 0.15) is 5.82 Å². The van der Waals surface area contributed by atoms with Gasteiger partial charge in [-0.05, 0) is 45.1 Å². The van der Waals surface area contributed by atoms with Crippen LogP contribution in [-0.2, 0) is 6.18 Å². The molecule has 2 atom stereocenters. The van der Waals surface area contributed by atoms with Crippen molar-refractivity contribution in [3.05, 3.63) is 35.1 Å². The zero-order valence-corrected chi connectivity index (χ0v) is 12.1. The summed E-state index contributed by atoms with van der Waals surface area (Å²) < 4.78 is 51.5. The molecule has 1 rings (SSSR count). The summed E-state index contributed by atoms with van der Waals surface area (Å²) in [5.41, 5.74) is 4.60. The van der Waals surface area contributed by atoms with E-state index in [9.17, 15) is 17.6 Å². The van der Waals surface area contributed by atoms with Crippen LogP contribution in [-0.4, -0.2) is 24.5 Å². The molecule has 0 heterocycles. The third-order valence-electron chi connectivity index (χ3n) is 4.06. The molecule has 0 aliphatic carbocycles. The van der Waals surface area contributed by atoms with E-state index in [1.54, 1.807) is 0 Å². The lowest BCUT2D eigenvalue weighted by Gasteiger charge is -2.41. The SMILES string of the molecule is CCC(C)(C(N)c1ccc(F)c(C(F)(F)F)c1)N(C)C. The Morgan fingerprint density at radius 2 is 1.80 bits per heavy atom. The molecule has 1 aromatic rings. The van der Waals surface area contributed by atoms with Gasteiger partial charge >= 0.3 is 6.18 Å². The summed E-state index contributed by atoms with van der Waals surface area (Å²) >= 11 is 0. The molecule has 0 amide bonds. The topological polar surface area (TPSA) is 29.3 Å². The zero-order valence-electron chi connectivity index (χ0n) is 12.1. The van der Waals surface area contributed by atoms with Crippen molar-refractivity contribution in [1.29, 1.82) is 0 Å². The number of nitrogens with two attached hydrogens (primary N) is 1. The average Bonchev–Trinajstić information content (AvgIpc) is 2.35. The second kappa shape index (κ2) is 5.69. The first-order valence-electron chi connectivity index (χ1n) is 6.33. The Morgan fingerprint density at radius 3 is 2.20 bits per heavy atom. The lowest BCUT2D eigenvalue weighted by atomic mass is 9.83. The molecule has 0 saturated carbocycles. The lowest BCUT2D eigenvalue weighted by molar-refractivity contribution is -0.140. The number of hydrogen-bond donors (Lipinski definition) is 1. The molecule has 0 radical (unpaired) electrons. The van der Waals surface area contributed by atoms with Crippen LogP contribution in [0.4, 0.5) is 17.6 Å². The monoisotopic (exact) mass is 292 g/mol. The van der Waals surface area contributed by atoms with E-state index in [0.717, 1.165) is 12.1 Å². The summed E-state index contributed by atoms with van der Waals surface area (Å²) in [5, 5.41) is 0. The average molecular weight is 292 g/mol. The predicted molar refractivity (Wildman–Crippen MR) is 70.7 cm³/mol. The Kier molecular flexibility index (Phi) is 4.82. The fourth-order valence-corrected chi connectivity index (χ4v) is 2.13. The van der Waals surface area contributed by atoms with Gasteiger partial charge in [0.25, 0.3) is 0 Å². The number of nitrogens with zero attached hydrogens (tertiary/aromatic N) is 1. The second-order valence-electron chi connectivity index (χ2n) is 5.32. The number of hydrogen-bond acceptors (Lipinski definition) is 2. The Morgan fingerprint density at radius 1 is 1.25 bits per heavy atom. The van der Waals surface area contributed by atoms with E-state index in [1.807, 2.05) is 32.8 Å². The van der Waals surface area contributed by atoms with Crippen LogP contribution in [0.5, 0.6) is 0 Å². The summed E-state index contributed by atoms with van der Waals surface area (Å²) in [5.74, 6) is -1.28. The van der Waals surface area contributed by atoms with Crippen LogP contribution in [0.15, 0.2) is 18.2 Å². The van der Waals surface area contributed by atoms with E-state index >= 15 is 0 Å². The van der Waals surface area contributed by atoms with Crippen molar-refractivity contribution in [3.8, 4) is 0 Å². The van der Waals surface area contributed by atoms with Gasteiger partial charge in [0, 0.05) is 11.6 Å². The number of rotatable bonds is 4. The van der Waals surface area contributed by atoms with Gasteiger partial charge in [-0.25, -0.2) is 4.39 Å². The fourth-order valence-electron chi connectivity index (χ4n) is 2.13. The first-order valence-corrected chi connectivity index (χ1v) is 6.33. The Hall–Kier alpha value is -1.14. The molecule has 0 fully saturated rings. The van der Waals surface area contributed by atoms with Crippen molar-refractivity contribution in [3.63, 3.8) is 0 Å². The first kappa shape index (κ1) is 16.9. The van der Waals surface area contributed by atoms with Crippen LogP contribution in [0.3, 0.4) is 0 Å². The van der Waals surface area contributed by atoms with Gasteiger partial charge in [0.05, 0.1) is 5.56 Å². The van der Waals surface area contributed by atoms with E-state index in [0.29, 0.717) is 6.42 Å². The molecule has 1 aromatic carbocycles. The first-order chi connectivity index (χ1) is 9.04. The normalized spacial score (nSPS) is 17.1. The molecule has 0 aromatic heterocycles. The molecule has 0 saturated heterocycles. The molecule has 2 unspecified atom stereocenters. The predicted octanol–water partition coefficient (Wildman–Crippen LogP) is 3.57. The second-order valence-corrected chi connectivity index (χ2v) is 5.32. The van der Waals surface area contributed by atoms with Crippen molar-refractivity contribution in [2.45, 2.75) is 38.0 Å². The molecule has 114 valence electrons. The highest BCUT2D eigenvalue weighted by molar-refractivity contribution is 5.31. The minimum absolute atomic E-state index is 0.275. The van der Waals surface area contributed by atoms with Crippen LogP contribution in [0, 0.1) is 5.82 Å². The maximum Gasteiger partial charge on any atom is 0.419 e.